The molecule has 0 radical (unpaired) electrons. The number of rotatable bonds is 6. The molecule has 0 spiro atoms. The summed E-state index contributed by atoms with van der Waals surface area (Å²) in [7, 11) is 1.64. The molecule has 2 aromatic rings. The van der Waals surface area contributed by atoms with E-state index in [4.69, 9.17) is 4.74 Å². The van der Waals surface area contributed by atoms with E-state index in [1.165, 1.54) is 0 Å². The fourth-order valence-electron chi connectivity index (χ4n) is 3.44. The van der Waals surface area contributed by atoms with Crippen molar-refractivity contribution in [2.75, 3.05) is 31.6 Å². The van der Waals surface area contributed by atoms with Gasteiger partial charge in [-0.05, 0) is 56.4 Å². The number of aromatic nitrogens is 2. The van der Waals surface area contributed by atoms with E-state index < -0.39 is 0 Å². The fourth-order valence-corrected chi connectivity index (χ4v) is 3.44. The second-order valence-electron chi connectivity index (χ2n) is 7.21. The van der Waals surface area contributed by atoms with Crippen LogP contribution in [0, 0.1) is 19.8 Å². The third-order valence-corrected chi connectivity index (χ3v) is 4.98. The van der Waals surface area contributed by atoms with Crippen LogP contribution in [0.25, 0.3) is 0 Å². The van der Waals surface area contributed by atoms with Crippen molar-refractivity contribution < 1.29 is 9.53 Å². The van der Waals surface area contributed by atoms with E-state index >= 15 is 0 Å². The van der Waals surface area contributed by atoms with E-state index in [9.17, 15) is 4.79 Å². The van der Waals surface area contributed by atoms with Crippen LogP contribution in [0.1, 0.15) is 29.8 Å². The Morgan fingerprint density at radius 3 is 2.37 bits per heavy atom. The van der Waals surface area contributed by atoms with Crippen LogP contribution in [0.4, 0.5) is 5.95 Å². The van der Waals surface area contributed by atoms with Crippen molar-refractivity contribution in [3.8, 4) is 5.75 Å². The molecule has 3 rings (SSSR count). The van der Waals surface area contributed by atoms with Crippen LogP contribution in [0.2, 0.25) is 0 Å². The number of amides is 1. The van der Waals surface area contributed by atoms with Crippen LogP contribution < -0.4 is 15.0 Å². The zero-order valence-electron chi connectivity index (χ0n) is 16.4. The van der Waals surface area contributed by atoms with E-state index in [2.05, 4.69) is 20.2 Å². The molecule has 6 heteroatoms. The summed E-state index contributed by atoms with van der Waals surface area (Å²) in [5.41, 5.74) is 3.01. The Labute approximate surface area is 161 Å². The third kappa shape index (κ3) is 5.42. The van der Waals surface area contributed by atoms with Gasteiger partial charge in [-0.2, -0.15) is 0 Å². The third-order valence-electron chi connectivity index (χ3n) is 4.98. The molecule has 1 aromatic carbocycles. The zero-order chi connectivity index (χ0) is 19.2. The molecule has 0 bridgehead atoms. The summed E-state index contributed by atoms with van der Waals surface area (Å²) in [5, 5.41) is 3.08. The Hall–Kier alpha value is -2.63. The lowest BCUT2D eigenvalue weighted by molar-refractivity contribution is -0.120. The highest BCUT2D eigenvalue weighted by Gasteiger charge is 2.21. The summed E-state index contributed by atoms with van der Waals surface area (Å²) in [5.74, 6) is 2.21. The summed E-state index contributed by atoms with van der Waals surface area (Å²) in [6.45, 7) is 6.60. The predicted octanol–water partition coefficient (Wildman–Crippen LogP) is 2.68. The molecule has 1 aliphatic heterocycles. The number of anilines is 1. The van der Waals surface area contributed by atoms with Gasteiger partial charge < -0.3 is 15.0 Å². The van der Waals surface area contributed by atoms with E-state index in [0.717, 1.165) is 61.1 Å². The van der Waals surface area contributed by atoms with Crippen LogP contribution in [0.15, 0.2) is 30.3 Å². The van der Waals surface area contributed by atoms with Crippen LogP contribution in [-0.4, -0.2) is 42.6 Å². The minimum Gasteiger partial charge on any atom is -0.497 e. The zero-order valence-corrected chi connectivity index (χ0v) is 16.4. The second kappa shape index (κ2) is 8.84. The van der Waals surface area contributed by atoms with Gasteiger partial charge in [-0.25, -0.2) is 9.97 Å². The maximum atomic E-state index is 12.2. The summed E-state index contributed by atoms with van der Waals surface area (Å²) >= 11 is 0. The molecule has 1 fully saturated rings. The summed E-state index contributed by atoms with van der Waals surface area (Å²) in [6.07, 6.45) is 2.48. The van der Waals surface area contributed by atoms with Crippen molar-refractivity contribution in [2.24, 2.45) is 5.92 Å². The van der Waals surface area contributed by atoms with Crippen LogP contribution in [0.3, 0.4) is 0 Å². The number of ether oxygens (including phenoxy) is 1. The normalized spacial score (nSPS) is 14.9. The molecule has 6 nitrogen and oxygen atoms in total. The standard InChI is InChI=1S/C21H28N4O2/c1-15-12-16(2)24-21(23-15)25-10-8-18(9-11-25)14-22-20(26)13-17-4-6-19(27-3)7-5-17/h4-7,12,18H,8-11,13-14H2,1-3H3,(H,22,26). The summed E-state index contributed by atoms with van der Waals surface area (Å²) in [6, 6.07) is 9.62. The lowest BCUT2D eigenvalue weighted by atomic mass is 9.97. The number of nitrogens with zero attached hydrogens (tertiary/aromatic N) is 3. The molecule has 1 aliphatic rings. The van der Waals surface area contributed by atoms with Gasteiger partial charge in [0.2, 0.25) is 11.9 Å². The largest absolute Gasteiger partial charge is 0.497 e. The van der Waals surface area contributed by atoms with Crippen molar-refractivity contribution in [3.63, 3.8) is 0 Å². The first-order chi connectivity index (χ1) is 13.0. The second-order valence-corrected chi connectivity index (χ2v) is 7.21. The summed E-state index contributed by atoms with van der Waals surface area (Å²) < 4.78 is 5.14. The Kier molecular flexibility index (Phi) is 6.27. The smallest absolute Gasteiger partial charge is 0.225 e. The molecular formula is C21H28N4O2. The molecule has 144 valence electrons. The molecule has 1 N–H and O–H groups in total. The average molecular weight is 368 g/mol. The highest BCUT2D eigenvalue weighted by Crippen LogP contribution is 2.21. The minimum atomic E-state index is 0.0697. The molecule has 1 saturated heterocycles. The van der Waals surface area contributed by atoms with Crippen molar-refractivity contribution in [1.82, 2.24) is 15.3 Å². The highest BCUT2D eigenvalue weighted by molar-refractivity contribution is 5.78. The van der Waals surface area contributed by atoms with Crippen molar-refractivity contribution in [3.05, 3.63) is 47.3 Å². The average Bonchev–Trinajstić information content (AvgIpc) is 2.66. The molecular weight excluding hydrogens is 340 g/mol. The molecule has 27 heavy (non-hydrogen) atoms. The quantitative estimate of drug-likeness (QED) is 0.849. The van der Waals surface area contributed by atoms with Gasteiger partial charge in [0.1, 0.15) is 5.75 Å². The topological polar surface area (TPSA) is 67.3 Å². The van der Waals surface area contributed by atoms with E-state index in [1.807, 2.05) is 44.2 Å². The number of methoxy groups -OCH3 is 1. The molecule has 0 saturated carbocycles. The maximum absolute atomic E-state index is 12.2. The van der Waals surface area contributed by atoms with Gasteiger partial charge in [-0.3, -0.25) is 4.79 Å². The van der Waals surface area contributed by atoms with Gasteiger partial charge in [-0.1, -0.05) is 12.1 Å². The van der Waals surface area contributed by atoms with E-state index in [1.54, 1.807) is 7.11 Å². The number of piperidine rings is 1. The number of benzene rings is 1. The molecule has 0 atom stereocenters. The van der Waals surface area contributed by atoms with Gasteiger partial charge in [0.25, 0.3) is 0 Å². The number of aryl methyl sites for hydroxylation is 2. The number of carbonyl (C=O) groups excluding carboxylic acids is 1. The van der Waals surface area contributed by atoms with Gasteiger partial charge in [0, 0.05) is 31.0 Å². The van der Waals surface area contributed by atoms with Gasteiger partial charge >= 0.3 is 0 Å². The molecule has 0 aliphatic carbocycles. The van der Waals surface area contributed by atoms with Crippen LogP contribution >= 0.6 is 0 Å². The maximum Gasteiger partial charge on any atom is 0.225 e. The molecule has 1 aromatic heterocycles. The lowest BCUT2D eigenvalue weighted by Crippen LogP contribution is -2.39. The van der Waals surface area contributed by atoms with Gasteiger partial charge in [0.05, 0.1) is 13.5 Å². The van der Waals surface area contributed by atoms with Gasteiger partial charge in [-0.15, -0.1) is 0 Å². The minimum absolute atomic E-state index is 0.0697. The number of hydrogen-bond acceptors (Lipinski definition) is 5. The van der Waals surface area contributed by atoms with Crippen molar-refractivity contribution >= 4 is 11.9 Å². The van der Waals surface area contributed by atoms with Crippen LogP contribution in [0.5, 0.6) is 5.75 Å². The first-order valence-electron chi connectivity index (χ1n) is 9.50. The first kappa shape index (κ1) is 19.1. The Bertz CT molecular complexity index is 748. The Balaban J connectivity index is 1.43. The van der Waals surface area contributed by atoms with E-state index in [-0.39, 0.29) is 5.91 Å². The SMILES string of the molecule is COc1ccc(CC(=O)NCC2CCN(c3nc(C)cc(C)n3)CC2)cc1. The number of hydrogen-bond donors (Lipinski definition) is 1. The lowest BCUT2D eigenvalue weighted by Gasteiger charge is -2.32. The van der Waals surface area contributed by atoms with Crippen LogP contribution in [-0.2, 0) is 11.2 Å². The fraction of sp³-hybridized carbons (Fsp3) is 0.476. The monoisotopic (exact) mass is 368 g/mol. The first-order valence-corrected chi connectivity index (χ1v) is 9.50. The number of carbonyl (C=O) groups is 1. The molecule has 1 amide bonds. The highest BCUT2D eigenvalue weighted by atomic mass is 16.5. The van der Waals surface area contributed by atoms with Gasteiger partial charge in [0.15, 0.2) is 0 Å². The van der Waals surface area contributed by atoms with Crippen molar-refractivity contribution in [2.45, 2.75) is 33.1 Å². The molecule has 0 unspecified atom stereocenters. The van der Waals surface area contributed by atoms with Crippen molar-refractivity contribution in [1.29, 1.82) is 0 Å². The van der Waals surface area contributed by atoms with E-state index in [0.29, 0.717) is 12.3 Å². The molecule has 2 heterocycles. The summed E-state index contributed by atoms with van der Waals surface area (Å²) in [4.78, 5) is 23.5. The Morgan fingerprint density at radius 2 is 1.78 bits per heavy atom. The Morgan fingerprint density at radius 1 is 1.15 bits per heavy atom. The number of nitrogens with one attached hydrogen (secondary N) is 1. The predicted molar refractivity (Wildman–Crippen MR) is 106 cm³/mol.